The summed E-state index contributed by atoms with van der Waals surface area (Å²) < 4.78 is 76.5. The quantitative estimate of drug-likeness (QED) is 0.667. The molecular weight excluding hydrogens is 431 g/mol. The zero-order valence-electron chi connectivity index (χ0n) is 16.2. The maximum atomic E-state index is 13.0. The number of aliphatic carboxylic acids is 2. The van der Waals surface area contributed by atoms with Crippen molar-refractivity contribution in [3.63, 3.8) is 0 Å². The minimum atomic E-state index is -5.08. The van der Waals surface area contributed by atoms with E-state index in [0.29, 0.717) is 5.56 Å². The Morgan fingerprint density at radius 1 is 0.833 bits per heavy atom. The van der Waals surface area contributed by atoms with Crippen LogP contribution in [-0.2, 0) is 9.59 Å². The number of carboxylic acids is 2. The van der Waals surface area contributed by atoms with Crippen molar-refractivity contribution in [3.05, 3.63) is 35.6 Å². The topological polar surface area (TPSA) is 94.9 Å². The minimum absolute atomic E-state index is 0.107. The van der Waals surface area contributed by atoms with Crippen LogP contribution in [0.1, 0.15) is 38.1 Å². The summed E-state index contributed by atoms with van der Waals surface area (Å²) in [4.78, 5) is 31.7. The van der Waals surface area contributed by atoms with Gasteiger partial charge < -0.3 is 15.1 Å². The normalized spacial score (nSPS) is 11.1. The van der Waals surface area contributed by atoms with Gasteiger partial charge in [0.1, 0.15) is 5.82 Å². The number of alkyl halides is 6. The maximum absolute atomic E-state index is 13.0. The molecule has 0 aliphatic rings. The van der Waals surface area contributed by atoms with Gasteiger partial charge in [-0.15, -0.1) is 0 Å². The van der Waals surface area contributed by atoms with Gasteiger partial charge in [0.25, 0.3) is 5.91 Å². The molecule has 0 spiro atoms. The Balaban J connectivity index is 0. The second-order valence-corrected chi connectivity index (χ2v) is 6.02. The van der Waals surface area contributed by atoms with E-state index in [0.717, 1.165) is 0 Å². The highest BCUT2D eigenvalue weighted by Crippen LogP contribution is 2.14. The molecular formula is C17H20F7NO5. The number of amides is 1. The lowest BCUT2D eigenvalue weighted by Gasteiger charge is -2.30. The van der Waals surface area contributed by atoms with E-state index in [2.05, 4.69) is 0 Å². The fourth-order valence-corrected chi connectivity index (χ4v) is 1.84. The molecule has 1 aromatic carbocycles. The van der Waals surface area contributed by atoms with Gasteiger partial charge in [0.2, 0.25) is 0 Å². The fourth-order valence-electron chi connectivity index (χ4n) is 1.84. The summed E-state index contributed by atoms with van der Waals surface area (Å²) in [5, 5.41) is 14.2. The van der Waals surface area contributed by atoms with Crippen LogP contribution >= 0.6 is 0 Å². The third-order valence-electron chi connectivity index (χ3n) is 2.90. The highest BCUT2D eigenvalue weighted by molar-refractivity contribution is 5.94. The van der Waals surface area contributed by atoms with Crippen molar-refractivity contribution >= 4 is 17.8 Å². The monoisotopic (exact) mass is 451 g/mol. The van der Waals surface area contributed by atoms with E-state index in [4.69, 9.17) is 19.8 Å². The van der Waals surface area contributed by atoms with Crippen LogP contribution in [0.25, 0.3) is 0 Å². The highest BCUT2D eigenvalue weighted by atomic mass is 19.4. The van der Waals surface area contributed by atoms with Crippen molar-refractivity contribution in [2.75, 3.05) is 0 Å². The molecule has 1 amide bonds. The van der Waals surface area contributed by atoms with Gasteiger partial charge in [0.05, 0.1) is 0 Å². The molecule has 0 aliphatic heterocycles. The predicted octanol–water partition coefficient (Wildman–Crippen LogP) is 4.35. The molecule has 6 nitrogen and oxygen atoms in total. The number of carbonyl (C=O) groups is 3. The summed E-state index contributed by atoms with van der Waals surface area (Å²) in [5.74, 6) is -6.01. The molecule has 0 unspecified atom stereocenters. The van der Waals surface area contributed by atoms with Crippen LogP contribution < -0.4 is 0 Å². The lowest BCUT2D eigenvalue weighted by atomic mass is 10.1. The average molecular weight is 451 g/mol. The molecule has 0 aliphatic carbocycles. The van der Waals surface area contributed by atoms with Gasteiger partial charge in [-0.2, -0.15) is 26.3 Å². The Bertz CT molecular complexity index is 683. The molecule has 13 heteroatoms. The van der Waals surface area contributed by atoms with Crippen LogP contribution in [0.5, 0.6) is 0 Å². The molecule has 1 aromatic rings. The van der Waals surface area contributed by atoms with Crippen LogP contribution in [-0.4, -0.2) is 57.4 Å². The lowest BCUT2D eigenvalue weighted by molar-refractivity contribution is -0.193. The molecule has 0 aromatic heterocycles. The van der Waals surface area contributed by atoms with Crippen LogP contribution in [0.2, 0.25) is 0 Å². The number of rotatable bonds is 3. The summed E-state index contributed by atoms with van der Waals surface area (Å²) in [7, 11) is 0. The van der Waals surface area contributed by atoms with Crippen molar-refractivity contribution in [2.24, 2.45) is 0 Å². The van der Waals surface area contributed by atoms with Gasteiger partial charge >= 0.3 is 24.3 Å². The Hall–Kier alpha value is -2.86. The first-order valence-electron chi connectivity index (χ1n) is 8.00. The van der Waals surface area contributed by atoms with Gasteiger partial charge in [0.15, 0.2) is 0 Å². The molecule has 0 saturated heterocycles. The number of hydrogen-bond donors (Lipinski definition) is 2. The number of halogens is 7. The largest absolute Gasteiger partial charge is 0.490 e. The van der Waals surface area contributed by atoms with E-state index < -0.39 is 24.3 Å². The molecule has 0 saturated carbocycles. The van der Waals surface area contributed by atoms with Crippen LogP contribution in [0.4, 0.5) is 30.7 Å². The Morgan fingerprint density at radius 2 is 1.17 bits per heavy atom. The van der Waals surface area contributed by atoms with Crippen molar-refractivity contribution < 1.29 is 55.3 Å². The van der Waals surface area contributed by atoms with Gasteiger partial charge in [-0.25, -0.2) is 14.0 Å². The van der Waals surface area contributed by atoms with Crippen molar-refractivity contribution in [3.8, 4) is 0 Å². The number of hydrogen-bond acceptors (Lipinski definition) is 3. The second kappa shape index (κ2) is 12.0. The number of benzene rings is 1. The lowest BCUT2D eigenvalue weighted by Crippen LogP contribution is -2.42. The second-order valence-electron chi connectivity index (χ2n) is 6.02. The first kappa shape index (κ1) is 29.3. The molecule has 2 N–H and O–H groups in total. The van der Waals surface area contributed by atoms with E-state index in [1.165, 1.54) is 12.1 Å². The summed E-state index contributed by atoms with van der Waals surface area (Å²) in [6, 6.07) is 6.03. The summed E-state index contributed by atoms with van der Waals surface area (Å²) >= 11 is 0. The molecule has 0 atom stereocenters. The Kier molecular flexibility index (Phi) is 11.7. The van der Waals surface area contributed by atoms with Crippen molar-refractivity contribution in [1.29, 1.82) is 0 Å². The summed E-state index contributed by atoms with van der Waals surface area (Å²) in [6.07, 6.45) is -10.2. The number of nitrogens with zero attached hydrogens (tertiary/aromatic N) is 1. The van der Waals surface area contributed by atoms with Gasteiger partial charge in [-0.3, -0.25) is 4.79 Å². The van der Waals surface area contributed by atoms with E-state index in [1.54, 1.807) is 17.0 Å². The molecule has 0 bridgehead atoms. The minimum Gasteiger partial charge on any atom is -0.475 e. The van der Waals surface area contributed by atoms with Crippen LogP contribution in [0.15, 0.2) is 24.3 Å². The molecule has 30 heavy (non-hydrogen) atoms. The van der Waals surface area contributed by atoms with Crippen LogP contribution in [0, 0.1) is 5.82 Å². The van der Waals surface area contributed by atoms with E-state index in [1.807, 2.05) is 27.7 Å². The number of carboxylic acid groups (broad SMARTS) is 2. The van der Waals surface area contributed by atoms with Gasteiger partial charge in [-0.1, -0.05) is 6.07 Å². The zero-order chi connectivity index (χ0) is 24.4. The van der Waals surface area contributed by atoms with Crippen molar-refractivity contribution in [2.45, 2.75) is 52.1 Å². The van der Waals surface area contributed by atoms with E-state index in [9.17, 15) is 35.5 Å². The fraction of sp³-hybridized carbons (Fsp3) is 0.471. The first-order valence-corrected chi connectivity index (χ1v) is 8.00. The third kappa shape index (κ3) is 11.9. The van der Waals surface area contributed by atoms with Crippen LogP contribution in [0.3, 0.4) is 0 Å². The van der Waals surface area contributed by atoms with Gasteiger partial charge in [0, 0.05) is 17.6 Å². The smallest absolute Gasteiger partial charge is 0.475 e. The average Bonchev–Trinajstić information content (AvgIpc) is 2.53. The standard InChI is InChI=1S/C13H18FNO.2C2HF3O2/c1-9(2)15(10(3)4)13(16)11-6-5-7-12(14)8-11;2*3-2(4,5)1(6)7/h5-10H,1-4H3;2*(H,6,7). The molecule has 172 valence electrons. The summed E-state index contributed by atoms with van der Waals surface area (Å²) in [6.45, 7) is 7.82. The predicted molar refractivity (Wildman–Crippen MR) is 90.2 cm³/mol. The molecule has 1 rings (SSSR count). The zero-order valence-corrected chi connectivity index (χ0v) is 16.2. The first-order chi connectivity index (χ1) is 13.3. The molecule has 0 radical (unpaired) electrons. The molecule has 0 heterocycles. The SMILES string of the molecule is CC(C)N(C(=O)c1cccc(F)c1)C(C)C.O=C(O)C(F)(F)F.O=C(O)C(F)(F)F. The third-order valence-corrected chi connectivity index (χ3v) is 2.90. The number of carbonyl (C=O) groups excluding carboxylic acids is 1. The Morgan fingerprint density at radius 3 is 1.40 bits per heavy atom. The van der Waals surface area contributed by atoms with E-state index >= 15 is 0 Å². The highest BCUT2D eigenvalue weighted by Gasteiger charge is 2.38. The van der Waals surface area contributed by atoms with Gasteiger partial charge in [-0.05, 0) is 45.9 Å². The van der Waals surface area contributed by atoms with Crippen molar-refractivity contribution in [1.82, 2.24) is 4.90 Å². The maximum Gasteiger partial charge on any atom is 0.490 e. The van der Waals surface area contributed by atoms with E-state index in [-0.39, 0.29) is 23.8 Å². The molecule has 0 fully saturated rings. The summed E-state index contributed by atoms with van der Waals surface area (Å²) in [5.41, 5.74) is 0.405. The Labute approximate surface area is 166 Å².